The number of nitro groups is 1. The summed E-state index contributed by atoms with van der Waals surface area (Å²) in [5, 5.41) is 17.2. The second-order valence-corrected chi connectivity index (χ2v) is 7.79. The Kier molecular flexibility index (Phi) is 6.02. The molecule has 12 heteroatoms. The van der Waals surface area contributed by atoms with Crippen molar-refractivity contribution >= 4 is 63.1 Å². The third-order valence-corrected chi connectivity index (χ3v) is 5.63. The Morgan fingerprint density at radius 2 is 2.03 bits per heavy atom. The third kappa shape index (κ3) is 4.45. The Labute approximate surface area is 186 Å². The van der Waals surface area contributed by atoms with Gasteiger partial charge in [0, 0.05) is 24.7 Å². The lowest BCUT2D eigenvalue weighted by molar-refractivity contribution is -0.384. The van der Waals surface area contributed by atoms with Crippen molar-refractivity contribution in [2.45, 2.75) is 6.92 Å². The number of nitrogens with zero attached hydrogens (tertiary/aromatic N) is 4. The van der Waals surface area contributed by atoms with Crippen molar-refractivity contribution in [3.63, 3.8) is 0 Å². The van der Waals surface area contributed by atoms with E-state index in [0.29, 0.717) is 43.2 Å². The van der Waals surface area contributed by atoms with E-state index in [1.807, 2.05) is 24.0 Å². The fourth-order valence-corrected chi connectivity index (χ4v) is 4.05. The molecular weight excluding hydrogens is 440 g/mol. The zero-order chi connectivity index (χ0) is 22.0. The minimum absolute atomic E-state index is 0.0634. The van der Waals surface area contributed by atoms with Gasteiger partial charge in [0.1, 0.15) is 16.7 Å². The minimum Gasteiger partial charge on any atom is -0.378 e. The van der Waals surface area contributed by atoms with Crippen LogP contribution in [0.15, 0.2) is 30.3 Å². The van der Waals surface area contributed by atoms with E-state index in [4.69, 9.17) is 17.0 Å². The SMILES string of the molecule is Cc1ccc2nsnc2c1NC(=S)NC(=O)c1ccc(N2CCOCC2)c([N+](=O)[O-])c1. The highest BCUT2D eigenvalue weighted by molar-refractivity contribution is 7.80. The van der Waals surface area contributed by atoms with Gasteiger partial charge in [-0.25, -0.2) is 0 Å². The van der Waals surface area contributed by atoms with E-state index in [2.05, 4.69) is 19.4 Å². The zero-order valence-corrected chi connectivity index (χ0v) is 18.1. The molecule has 1 aliphatic heterocycles. The molecule has 10 nitrogen and oxygen atoms in total. The Morgan fingerprint density at radius 1 is 1.26 bits per heavy atom. The fraction of sp³-hybridized carbons (Fsp3) is 0.263. The number of aromatic nitrogens is 2. The molecule has 0 spiro atoms. The van der Waals surface area contributed by atoms with Gasteiger partial charge in [0.2, 0.25) is 0 Å². The predicted molar refractivity (Wildman–Crippen MR) is 122 cm³/mol. The van der Waals surface area contributed by atoms with E-state index in [1.54, 1.807) is 12.1 Å². The highest BCUT2D eigenvalue weighted by atomic mass is 32.1. The maximum absolute atomic E-state index is 12.7. The zero-order valence-electron chi connectivity index (χ0n) is 16.5. The van der Waals surface area contributed by atoms with Crippen molar-refractivity contribution in [1.29, 1.82) is 0 Å². The summed E-state index contributed by atoms with van der Waals surface area (Å²) in [5.41, 5.74) is 3.39. The summed E-state index contributed by atoms with van der Waals surface area (Å²) >= 11 is 6.36. The van der Waals surface area contributed by atoms with Gasteiger partial charge < -0.3 is 15.0 Å². The average Bonchev–Trinajstić information content (AvgIpc) is 3.25. The van der Waals surface area contributed by atoms with Crippen LogP contribution in [0.3, 0.4) is 0 Å². The molecule has 1 fully saturated rings. The van der Waals surface area contributed by atoms with E-state index in [9.17, 15) is 14.9 Å². The molecule has 0 atom stereocenters. The van der Waals surface area contributed by atoms with Crippen molar-refractivity contribution in [2.75, 3.05) is 36.5 Å². The third-order valence-electron chi connectivity index (χ3n) is 4.89. The number of nitrogens with one attached hydrogen (secondary N) is 2. The average molecular weight is 459 g/mol. The predicted octanol–water partition coefficient (Wildman–Crippen LogP) is 2.87. The summed E-state index contributed by atoms with van der Waals surface area (Å²) in [6.07, 6.45) is 0. The summed E-state index contributed by atoms with van der Waals surface area (Å²) in [6.45, 7) is 3.99. The van der Waals surface area contributed by atoms with Gasteiger partial charge >= 0.3 is 0 Å². The van der Waals surface area contributed by atoms with E-state index < -0.39 is 10.8 Å². The van der Waals surface area contributed by atoms with Crippen LogP contribution in [0, 0.1) is 17.0 Å². The molecule has 0 unspecified atom stereocenters. The number of nitro benzene ring substituents is 1. The van der Waals surface area contributed by atoms with Crippen molar-refractivity contribution in [2.24, 2.45) is 0 Å². The Balaban J connectivity index is 1.52. The summed E-state index contributed by atoms with van der Waals surface area (Å²) in [5.74, 6) is -0.546. The van der Waals surface area contributed by atoms with Crippen LogP contribution < -0.4 is 15.5 Å². The molecule has 1 aromatic heterocycles. The minimum atomic E-state index is -0.546. The van der Waals surface area contributed by atoms with Crippen LogP contribution in [0.5, 0.6) is 0 Å². The molecule has 2 heterocycles. The molecule has 1 saturated heterocycles. The lowest BCUT2D eigenvalue weighted by Gasteiger charge is -2.28. The number of aryl methyl sites for hydroxylation is 1. The molecule has 0 aliphatic carbocycles. The maximum Gasteiger partial charge on any atom is 0.293 e. The summed E-state index contributed by atoms with van der Waals surface area (Å²) in [7, 11) is 0. The Bertz CT molecular complexity index is 1180. The lowest BCUT2D eigenvalue weighted by Crippen LogP contribution is -2.37. The first-order valence-corrected chi connectivity index (χ1v) is 10.5. The molecule has 3 aromatic rings. The molecule has 0 saturated carbocycles. The Morgan fingerprint density at radius 3 is 2.77 bits per heavy atom. The van der Waals surface area contributed by atoms with E-state index >= 15 is 0 Å². The van der Waals surface area contributed by atoms with E-state index in [1.165, 1.54) is 6.07 Å². The van der Waals surface area contributed by atoms with Crippen LogP contribution >= 0.6 is 23.9 Å². The number of anilines is 2. The standard InChI is InChI=1S/C19H18N6O4S2/c1-11-2-4-13-17(23-31-22-13)16(11)20-19(30)21-18(26)12-3-5-14(15(10-12)25(27)28)24-6-8-29-9-7-24/h2-5,10H,6-9H2,1H3,(H2,20,21,26,30). The van der Waals surface area contributed by atoms with Gasteiger partial charge in [0.25, 0.3) is 11.6 Å². The highest BCUT2D eigenvalue weighted by Gasteiger charge is 2.23. The maximum atomic E-state index is 12.7. The highest BCUT2D eigenvalue weighted by Crippen LogP contribution is 2.30. The smallest absolute Gasteiger partial charge is 0.293 e. The molecular formula is C19H18N6O4S2. The van der Waals surface area contributed by atoms with Gasteiger partial charge in [0.05, 0.1) is 35.6 Å². The molecule has 0 bridgehead atoms. The number of carbonyl (C=O) groups excluding carboxylic acids is 1. The van der Waals surface area contributed by atoms with Crippen LogP contribution in [-0.4, -0.2) is 51.0 Å². The molecule has 0 radical (unpaired) electrons. The van der Waals surface area contributed by atoms with Crippen molar-refractivity contribution in [3.8, 4) is 0 Å². The number of hydrogen-bond acceptors (Lipinski definition) is 9. The molecule has 31 heavy (non-hydrogen) atoms. The first-order chi connectivity index (χ1) is 14.9. The molecule has 2 N–H and O–H groups in total. The first kappa shape index (κ1) is 21.0. The van der Waals surface area contributed by atoms with Crippen LogP contribution in [0.4, 0.5) is 17.1 Å². The molecule has 1 aliphatic rings. The number of carbonyl (C=O) groups is 1. The van der Waals surface area contributed by atoms with Gasteiger partial charge in [-0.1, -0.05) is 6.07 Å². The lowest BCUT2D eigenvalue weighted by atomic mass is 10.1. The van der Waals surface area contributed by atoms with Crippen LogP contribution in [0.1, 0.15) is 15.9 Å². The molecule has 1 amide bonds. The van der Waals surface area contributed by atoms with E-state index in [0.717, 1.165) is 22.8 Å². The number of hydrogen-bond donors (Lipinski definition) is 2. The first-order valence-electron chi connectivity index (χ1n) is 9.39. The van der Waals surface area contributed by atoms with Crippen LogP contribution in [0.2, 0.25) is 0 Å². The second kappa shape index (κ2) is 8.88. The normalized spacial score (nSPS) is 13.8. The van der Waals surface area contributed by atoms with Crippen molar-refractivity contribution in [1.82, 2.24) is 14.1 Å². The molecule has 4 rings (SSSR count). The van der Waals surface area contributed by atoms with Gasteiger partial charge in [-0.05, 0) is 42.9 Å². The van der Waals surface area contributed by atoms with Crippen molar-refractivity contribution < 1.29 is 14.5 Å². The largest absolute Gasteiger partial charge is 0.378 e. The van der Waals surface area contributed by atoms with Gasteiger partial charge in [-0.3, -0.25) is 20.2 Å². The van der Waals surface area contributed by atoms with Gasteiger partial charge in [0.15, 0.2) is 5.11 Å². The van der Waals surface area contributed by atoms with Crippen molar-refractivity contribution in [3.05, 3.63) is 51.6 Å². The molecule has 2 aromatic carbocycles. The van der Waals surface area contributed by atoms with Crippen LogP contribution in [0.25, 0.3) is 11.0 Å². The Hall–Kier alpha value is -3.22. The molecule has 160 valence electrons. The second-order valence-electron chi connectivity index (χ2n) is 6.86. The summed E-state index contributed by atoms with van der Waals surface area (Å²) in [4.78, 5) is 25.7. The van der Waals surface area contributed by atoms with E-state index in [-0.39, 0.29) is 16.4 Å². The van der Waals surface area contributed by atoms with Gasteiger partial charge in [-0.2, -0.15) is 8.75 Å². The number of morpholine rings is 1. The number of amides is 1. The number of thiocarbonyl (C=S) groups is 1. The quantitative estimate of drug-likeness (QED) is 0.345. The number of ether oxygens (including phenoxy) is 1. The fourth-order valence-electron chi connectivity index (χ4n) is 3.31. The topological polar surface area (TPSA) is 123 Å². The summed E-state index contributed by atoms with van der Waals surface area (Å²) < 4.78 is 13.8. The van der Waals surface area contributed by atoms with Crippen LogP contribution in [-0.2, 0) is 4.74 Å². The number of benzene rings is 2. The monoisotopic (exact) mass is 458 g/mol. The van der Waals surface area contributed by atoms with Gasteiger partial charge in [-0.15, -0.1) is 0 Å². The number of fused-ring (bicyclic) bond motifs is 1. The number of rotatable bonds is 4. The summed E-state index contributed by atoms with van der Waals surface area (Å²) in [6, 6.07) is 8.13.